The van der Waals surface area contributed by atoms with E-state index in [1.54, 1.807) is 0 Å². The number of piperidine rings is 1. The van der Waals surface area contributed by atoms with E-state index in [-0.39, 0.29) is 0 Å². The molecule has 0 radical (unpaired) electrons. The Morgan fingerprint density at radius 3 is 2.44 bits per heavy atom. The van der Waals surface area contributed by atoms with E-state index < -0.39 is 12.1 Å². The molecule has 2 fully saturated rings. The van der Waals surface area contributed by atoms with Crippen LogP contribution in [0.15, 0.2) is 48.8 Å². The number of H-pyrrole nitrogens is 1. The number of aromatic amines is 1. The summed E-state index contributed by atoms with van der Waals surface area (Å²) in [5.41, 5.74) is 4.46. The van der Waals surface area contributed by atoms with Crippen LogP contribution in [0.25, 0.3) is 22.2 Å². The van der Waals surface area contributed by atoms with E-state index in [1.807, 2.05) is 12.4 Å². The summed E-state index contributed by atoms with van der Waals surface area (Å²) in [5.74, 6) is -2.76. The summed E-state index contributed by atoms with van der Waals surface area (Å²) in [6, 6.07) is 14.9. The van der Waals surface area contributed by atoms with E-state index in [2.05, 4.69) is 63.6 Å². The molecule has 5 rings (SSSR count). The molecule has 2 aliphatic rings. The van der Waals surface area contributed by atoms with E-state index in [1.165, 1.54) is 31.1 Å². The number of hydrogen-bond donors (Lipinski definition) is 3. The number of halogens is 3. The Labute approximate surface area is 183 Å². The van der Waals surface area contributed by atoms with Gasteiger partial charge in [-0.25, -0.2) is 4.79 Å². The van der Waals surface area contributed by atoms with Gasteiger partial charge in [-0.05, 0) is 62.4 Å². The van der Waals surface area contributed by atoms with Crippen molar-refractivity contribution in [3.8, 4) is 11.3 Å². The molecule has 3 aromatic rings. The molecule has 2 bridgehead atoms. The van der Waals surface area contributed by atoms with Gasteiger partial charge in [-0.2, -0.15) is 13.2 Å². The van der Waals surface area contributed by atoms with Crippen LogP contribution in [0.5, 0.6) is 0 Å². The fourth-order valence-electron chi connectivity index (χ4n) is 4.62. The van der Waals surface area contributed by atoms with Gasteiger partial charge in [0.05, 0.1) is 17.6 Å². The molecule has 170 valence electrons. The van der Waals surface area contributed by atoms with Gasteiger partial charge in [0.15, 0.2) is 0 Å². The monoisotopic (exact) mass is 446 g/mol. The van der Waals surface area contributed by atoms with Gasteiger partial charge in [0, 0.05) is 35.4 Å². The van der Waals surface area contributed by atoms with Gasteiger partial charge in [-0.15, -0.1) is 0 Å². The first-order valence-electron chi connectivity index (χ1n) is 10.5. The summed E-state index contributed by atoms with van der Waals surface area (Å²) in [7, 11) is 2.29. The van der Waals surface area contributed by atoms with E-state index in [0.717, 1.165) is 34.5 Å². The largest absolute Gasteiger partial charge is 0.490 e. The van der Waals surface area contributed by atoms with Crippen LogP contribution in [0.3, 0.4) is 0 Å². The van der Waals surface area contributed by atoms with Crippen molar-refractivity contribution < 1.29 is 23.1 Å². The number of fused-ring (bicyclic) bond motifs is 3. The molecule has 1 aromatic carbocycles. The molecular formula is C23H25F3N4O2. The number of carbonyl (C=O) groups is 1. The number of nitrogens with one attached hydrogen (secondary N) is 2. The molecule has 2 aliphatic heterocycles. The number of aromatic nitrogens is 2. The molecule has 0 spiro atoms. The Morgan fingerprint density at radius 2 is 1.84 bits per heavy atom. The molecule has 3 N–H and O–H groups in total. The van der Waals surface area contributed by atoms with Crippen molar-refractivity contribution in [2.24, 2.45) is 0 Å². The lowest BCUT2D eigenvalue weighted by Gasteiger charge is -2.37. The zero-order valence-corrected chi connectivity index (χ0v) is 17.6. The van der Waals surface area contributed by atoms with E-state index in [0.29, 0.717) is 6.04 Å². The van der Waals surface area contributed by atoms with Crippen LogP contribution in [0.2, 0.25) is 0 Å². The number of alkyl halides is 3. The maximum atomic E-state index is 10.6. The van der Waals surface area contributed by atoms with Gasteiger partial charge in [0.1, 0.15) is 0 Å². The molecule has 1 unspecified atom stereocenters. The fourth-order valence-corrected chi connectivity index (χ4v) is 4.62. The van der Waals surface area contributed by atoms with Gasteiger partial charge in [0.25, 0.3) is 0 Å². The van der Waals surface area contributed by atoms with Crippen LogP contribution in [-0.2, 0) is 4.79 Å². The van der Waals surface area contributed by atoms with Crippen LogP contribution in [0, 0.1) is 0 Å². The van der Waals surface area contributed by atoms with Crippen molar-refractivity contribution >= 4 is 22.6 Å². The lowest BCUT2D eigenvalue weighted by molar-refractivity contribution is -0.192. The zero-order chi connectivity index (χ0) is 22.9. The quantitative estimate of drug-likeness (QED) is 0.533. The van der Waals surface area contributed by atoms with Gasteiger partial charge < -0.3 is 20.3 Å². The third kappa shape index (κ3) is 4.88. The Balaban J connectivity index is 0.000000307. The maximum absolute atomic E-state index is 10.6. The molecule has 2 saturated heterocycles. The number of benzene rings is 1. The van der Waals surface area contributed by atoms with Crippen LogP contribution < -0.4 is 5.32 Å². The first-order valence-corrected chi connectivity index (χ1v) is 10.5. The minimum atomic E-state index is -5.08. The molecule has 32 heavy (non-hydrogen) atoms. The number of hydrogen-bond acceptors (Lipinski definition) is 4. The predicted octanol–water partition coefficient (Wildman–Crippen LogP) is 4.90. The van der Waals surface area contributed by atoms with Crippen LogP contribution in [-0.4, -0.2) is 57.3 Å². The summed E-state index contributed by atoms with van der Waals surface area (Å²) in [6.07, 6.45) is 4.09. The first kappa shape index (κ1) is 22.1. The lowest BCUT2D eigenvalue weighted by Crippen LogP contribution is -2.44. The molecule has 9 heteroatoms. The van der Waals surface area contributed by atoms with Crippen LogP contribution in [0.1, 0.15) is 25.7 Å². The summed E-state index contributed by atoms with van der Waals surface area (Å²) < 4.78 is 31.7. The standard InChI is InChI=1S/C21H24N4.C2HF3O2/c1-25-18-5-6-19(25)12-17(11-18)24-16-4-7-20(23-13-16)15-3-2-14-8-9-22-21(14)10-15;3-2(4,5)1(6)7/h2-4,7-10,13,17-19,22,24H,5-6,11-12H2,1H3;(H,6,7)/t17?,18-,19+;. The highest BCUT2D eigenvalue weighted by atomic mass is 19.4. The molecule has 0 amide bonds. The molecule has 0 saturated carbocycles. The summed E-state index contributed by atoms with van der Waals surface area (Å²) >= 11 is 0. The highest BCUT2D eigenvalue weighted by Gasteiger charge is 2.39. The number of carboxylic acid groups (broad SMARTS) is 1. The van der Waals surface area contributed by atoms with Crippen molar-refractivity contribution in [1.82, 2.24) is 14.9 Å². The van der Waals surface area contributed by atoms with E-state index >= 15 is 0 Å². The number of rotatable bonds is 3. The Morgan fingerprint density at radius 1 is 1.16 bits per heavy atom. The van der Waals surface area contributed by atoms with E-state index in [9.17, 15) is 13.2 Å². The maximum Gasteiger partial charge on any atom is 0.490 e. The smallest absolute Gasteiger partial charge is 0.475 e. The summed E-state index contributed by atoms with van der Waals surface area (Å²) in [6.45, 7) is 0. The number of nitrogens with zero attached hydrogens (tertiary/aromatic N) is 2. The second kappa shape index (κ2) is 8.82. The minimum absolute atomic E-state index is 0.580. The Kier molecular flexibility index (Phi) is 6.10. The third-order valence-corrected chi connectivity index (χ3v) is 6.33. The Hall–Kier alpha value is -3.07. The van der Waals surface area contributed by atoms with Crippen molar-refractivity contribution in [3.05, 3.63) is 48.8 Å². The topological polar surface area (TPSA) is 81.2 Å². The third-order valence-electron chi connectivity index (χ3n) is 6.33. The van der Waals surface area contributed by atoms with Gasteiger partial charge in [-0.1, -0.05) is 12.1 Å². The number of carboxylic acids is 1. The van der Waals surface area contributed by atoms with Crippen molar-refractivity contribution in [3.63, 3.8) is 0 Å². The minimum Gasteiger partial charge on any atom is -0.475 e. The van der Waals surface area contributed by atoms with Gasteiger partial charge in [-0.3, -0.25) is 4.98 Å². The number of anilines is 1. The van der Waals surface area contributed by atoms with Crippen LogP contribution >= 0.6 is 0 Å². The normalized spacial score (nSPS) is 22.9. The molecule has 6 nitrogen and oxygen atoms in total. The molecule has 0 aliphatic carbocycles. The SMILES string of the molecule is CN1[C@@H]2CC[C@H]1CC(Nc1ccc(-c3ccc4cc[nH]c4c3)nc1)C2.O=C(O)C(F)(F)F. The second-order valence-corrected chi connectivity index (χ2v) is 8.38. The number of pyridine rings is 1. The highest BCUT2D eigenvalue weighted by molar-refractivity contribution is 5.84. The average molecular weight is 446 g/mol. The fraction of sp³-hybridized carbons (Fsp3) is 0.391. The van der Waals surface area contributed by atoms with Crippen molar-refractivity contribution in [2.45, 2.75) is 50.0 Å². The van der Waals surface area contributed by atoms with Gasteiger partial charge >= 0.3 is 12.1 Å². The highest BCUT2D eigenvalue weighted by Crippen LogP contribution is 2.35. The molecule has 2 aromatic heterocycles. The summed E-state index contributed by atoms with van der Waals surface area (Å²) in [4.78, 5) is 19.4. The Bertz CT molecular complexity index is 1070. The zero-order valence-electron chi connectivity index (χ0n) is 17.6. The molecular weight excluding hydrogens is 421 g/mol. The van der Waals surface area contributed by atoms with Crippen molar-refractivity contribution in [1.29, 1.82) is 0 Å². The van der Waals surface area contributed by atoms with Crippen LogP contribution in [0.4, 0.5) is 18.9 Å². The average Bonchev–Trinajstić information content (AvgIpc) is 3.28. The van der Waals surface area contributed by atoms with E-state index in [4.69, 9.17) is 9.90 Å². The summed E-state index contributed by atoms with van der Waals surface area (Å²) in [5, 5.41) is 12.1. The lowest BCUT2D eigenvalue weighted by atomic mass is 9.98. The number of aliphatic carboxylic acids is 1. The van der Waals surface area contributed by atoms with Crippen molar-refractivity contribution in [2.75, 3.05) is 12.4 Å². The second-order valence-electron chi connectivity index (χ2n) is 8.38. The first-order chi connectivity index (χ1) is 15.2. The molecule has 4 heterocycles. The predicted molar refractivity (Wildman–Crippen MR) is 116 cm³/mol. The molecule has 3 atom stereocenters. The van der Waals surface area contributed by atoms with Gasteiger partial charge in [0.2, 0.25) is 0 Å².